The number of unbranched alkanes of at least 4 members (excludes halogenated alkanes) is 8. The fourth-order valence-electron chi connectivity index (χ4n) is 4.36. The van der Waals surface area contributed by atoms with Crippen molar-refractivity contribution in [2.45, 2.75) is 97.1 Å². The van der Waals surface area contributed by atoms with Gasteiger partial charge >= 0.3 is 0 Å². The summed E-state index contributed by atoms with van der Waals surface area (Å²) in [5.74, 6) is 1.42. The van der Waals surface area contributed by atoms with Gasteiger partial charge in [0, 0.05) is 23.5 Å². The average molecular weight is 491 g/mol. The fourth-order valence-corrected chi connectivity index (χ4v) is 4.36. The van der Waals surface area contributed by atoms with Gasteiger partial charge in [-0.05, 0) is 42.5 Å². The lowest BCUT2D eigenvalue weighted by atomic mass is 10.0. The monoisotopic (exact) mass is 490 g/mol. The van der Waals surface area contributed by atoms with Gasteiger partial charge < -0.3 is 4.74 Å². The largest absolute Gasteiger partial charge is 0.491 e. The Hall–Kier alpha value is -2.75. The third-order valence-corrected chi connectivity index (χ3v) is 6.67. The lowest BCUT2D eigenvalue weighted by molar-refractivity contribution is 0.184. The number of alkyl halides is 1. The second kappa shape index (κ2) is 16.1. The van der Waals surface area contributed by atoms with Crippen LogP contribution in [-0.4, -0.2) is 22.7 Å². The molecular weight excluding hydrogens is 447 g/mol. The minimum Gasteiger partial charge on any atom is -0.491 e. The van der Waals surface area contributed by atoms with Gasteiger partial charge in [0.25, 0.3) is 0 Å². The lowest BCUT2D eigenvalue weighted by Crippen LogP contribution is -2.12. The van der Waals surface area contributed by atoms with E-state index in [0.717, 1.165) is 41.8 Å². The van der Waals surface area contributed by atoms with Crippen LogP contribution in [0.4, 0.5) is 4.39 Å². The Morgan fingerprint density at radius 3 is 1.92 bits per heavy atom. The number of hydrogen-bond donors (Lipinski definition) is 0. The zero-order chi connectivity index (χ0) is 25.4. The molecule has 0 saturated carbocycles. The van der Waals surface area contributed by atoms with Crippen molar-refractivity contribution in [3.63, 3.8) is 0 Å². The molecule has 1 heterocycles. The number of aryl methyl sites for hydroxylation is 1. The molecule has 0 radical (unpaired) electrons. The standard InChI is InChI=1S/C32H43FN2O/c1-3-5-7-9-10-12-14-30(33)25-36-31-21-19-27(20-22-31)29-23-34-32(35-24-29)28-17-15-26(16-18-28)13-11-8-6-4-2/h15-24,30H,3-14,25H2,1-2H3. The van der Waals surface area contributed by atoms with Crippen molar-refractivity contribution in [2.75, 3.05) is 6.61 Å². The van der Waals surface area contributed by atoms with Gasteiger partial charge in [0.2, 0.25) is 0 Å². The van der Waals surface area contributed by atoms with E-state index in [-0.39, 0.29) is 6.61 Å². The summed E-state index contributed by atoms with van der Waals surface area (Å²) in [6.45, 7) is 4.57. The summed E-state index contributed by atoms with van der Waals surface area (Å²) in [5.41, 5.74) is 4.36. The summed E-state index contributed by atoms with van der Waals surface area (Å²) in [6, 6.07) is 16.3. The van der Waals surface area contributed by atoms with E-state index in [2.05, 4.69) is 48.1 Å². The zero-order valence-electron chi connectivity index (χ0n) is 22.2. The Bertz CT molecular complexity index is 971. The first-order valence-corrected chi connectivity index (χ1v) is 14.0. The molecule has 0 fully saturated rings. The summed E-state index contributed by atoms with van der Waals surface area (Å²) in [5, 5.41) is 0. The number of rotatable bonds is 17. The molecule has 3 aromatic rings. The third-order valence-electron chi connectivity index (χ3n) is 6.67. The van der Waals surface area contributed by atoms with Crippen molar-refractivity contribution in [1.29, 1.82) is 0 Å². The highest BCUT2D eigenvalue weighted by Gasteiger charge is 2.08. The SMILES string of the molecule is CCCCCCCCC(F)COc1ccc(-c2cnc(-c3ccc(CCCCCC)cc3)nc2)cc1. The van der Waals surface area contributed by atoms with Crippen molar-refractivity contribution in [3.8, 4) is 28.3 Å². The molecule has 0 bridgehead atoms. The summed E-state index contributed by atoms with van der Waals surface area (Å²) in [7, 11) is 0. The highest BCUT2D eigenvalue weighted by molar-refractivity contribution is 5.64. The van der Waals surface area contributed by atoms with Crippen molar-refractivity contribution in [3.05, 3.63) is 66.5 Å². The molecule has 4 heteroatoms. The van der Waals surface area contributed by atoms with Crippen LogP contribution in [0.3, 0.4) is 0 Å². The van der Waals surface area contributed by atoms with Gasteiger partial charge in [-0.15, -0.1) is 0 Å². The quantitative estimate of drug-likeness (QED) is 0.177. The van der Waals surface area contributed by atoms with E-state index < -0.39 is 6.17 Å². The highest BCUT2D eigenvalue weighted by atomic mass is 19.1. The Balaban J connectivity index is 1.44. The predicted molar refractivity (Wildman–Crippen MR) is 149 cm³/mol. The van der Waals surface area contributed by atoms with Gasteiger partial charge in [0.05, 0.1) is 0 Å². The normalized spacial score (nSPS) is 12.0. The van der Waals surface area contributed by atoms with Crippen LogP contribution in [0.5, 0.6) is 5.75 Å². The Morgan fingerprint density at radius 1 is 0.667 bits per heavy atom. The maximum atomic E-state index is 14.1. The summed E-state index contributed by atoms with van der Waals surface area (Å²) >= 11 is 0. The van der Waals surface area contributed by atoms with Gasteiger partial charge in [-0.2, -0.15) is 0 Å². The molecule has 0 N–H and O–H groups in total. The van der Waals surface area contributed by atoms with Crippen LogP contribution in [0, 0.1) is 0 Å². The third kappa shape index (κ3) is 9.72. The molecule has 0 aliphatic heterocycles. The molecule has 2 aromatic carbocycles. The molecule has 1 aromatic heterocycles. The van der Waals surface area contributed by atoms with Crippen molar-refractivity contribution in [2.24, 2.45) is 0 Å². The van der Waals surface area contributed by atoms with Crippen molar-refractivity contribution >= 4 is 0 Å². The van der Waals surface area contributed by atoms with E-state index >= 15 is 0 Å². The molecule has 3 nitrogen and oxygen atoms in total. The molecular formula is C32H43FN2O. The minimum absolute atomic E-state index is 0.115. The van der Waals surface area contributed by atoms with Gasteiger partial charge in [0.1, 0.15) is 18.5 Å². The first-order valence-electron chi connectivity index (χ1n) is 14.0. The van der Waals surface area contributed by atoms with E-state index in [1.807, 2.05) is 36.7 Å². The second-order valence-corrected chi connectivity index (χ2v) is 9.79. The summed E-state index contributed by atoms with van der Waals surface area (Å²) in [6.07, 6.45) is 16.7. The number of hydrogen-bond acceptors (Lipinski definition) is 3. The molecule has 1 unspecified atom stereocenters. The first-order chi connectivity index (χ1) is 17.7. The molecule has 1 atom stereocenters. The topological polar surface area (TPSA) is 35.0 Å². The van der Waals surface area contributed by atoms with Crippen molar-refractivity contribution in [1.82, 2.24) is 9.97 Å². The van der Waals surface area contributed by atoms with E-state index in [1.165, 1.54) is 56.9 Å². The van der Waals surface area contributed by atoms with Gasteiger partial charge in [-0.1, -0.05) is 108 Å². The van der Waals surface area contributed by atoms with Gasteiger partial charge in [-0.3, -0.25) is 0 Å². The maximum Gasteiger partial charge on any atom is 0.159 e. The van der Waals surface area contributed by atoms with Crippen LogP contribution in [-0.2, 0) is 6.42 Å². The van der Waals surface area contributed by atoms with Gasteiger partial charge in [-0.25, -0.2) is 14.4 Å². The predicted octanol–water partition coefficient (Wildman–Crippen LogP) is 9.40. The van der Waals surface area contributed by atoms with E-state index in [1.54, 1.807) is 0 Å². The van der Waals surface area contributed by atoms with E-state index in [4.69, 9.17) is 4.74 Å². The molecule has 0 spiro atoms. The smallest absolute Gasteiger partial charge is 0.159 e. The summed E-state index contributed by atoms with van der Waals surface area (Å²) in [4.78, 5) is 9.17. The number of aromatic nitrogens is 2. The zero-order valence-corrected chi connectivity index (χ0v) is 22.2. The van der Waals surface area contributed by atoms with Crippen LogP contribution < -0.4 is 4.74 Å². The van der Waals surface area contributed by atoms with Crippen LogP contribution in [0.15, 0.2) is 60.9 Å². The van der Waals surface area contributed by atoms with E-state index in [0.29, 0.717) is 12.2 Å². The molecule has 3 rings (SSSR count). The molecule has 0 aliphatic carbocycles. The number of nitrogens with zero attached hydrogens (tertiary/aromatic N) is 2. The molecule has 0 amide bonds. The lowest BCUT2D eigenvalue weighted by Gasteiger charge is -2.11. The fraction of sp³-hybridized carbons (Fsp3) is 0.500. The van der Waals surface area contributed by atoms with Crippen molar-refractivity contribution < 1.29 is 9.13 Å². The molecule has 194 valence electrons. The van der Waals surface area contributed by atoms with Crippen LogP contribution in [0.25, 0.3) is 22.5 Å². The Labute approximate surface area is 217 Å². The molecule has 0 saturated heterocycles. The number of ether oxygens (including phenoxy) is 1. The minimum atomic E-state index is -0.910. The molecule has 36 heavy (non-hydrogen) atoms. The van der Waals surface area contributed by atoms with Crippen LogP contribution in [0.2, 0.25) is 0 Å². The number of benzene rings is 2. The van der Waals surface area contributed by atoms with Gasteiger partial charge in [0.15, 0.2) is 5.82 Å². The number of halogens is 1. The first kappa shape index (κ1) is 27.8. The maximum absolute atomic E-state index is 14.1. The molecule has 0 aliphatic rings. The Morgan fingerprint density at radius 2 is 1.25 bits per heavy atom. The van der Waals surface area contributed by atoms with Crippen LogP contribution >= 0.6 is 0 Å². The second-order valence-electron chi connectivity index (χ2n) is 9.79. The van der Waals surface area contributed by atoms with Crippen LogP contribution in [0.1, 0.15) is 90.0 Å². The van der Waals surface area contributed by atoms with E-state index in [9.17, 15) is 4.39 Å². The summed E-state index contributed by atoms with van der Waals surface area (Å²) < 4.78 is 19.8. The highest BCUT2D eigenvalue weighted by Crippen LogP contribution is 2.24. The average Bonchev–Trinajstić information content (AvgIpc) is 2.93. The Kier molecular flexibility index (Phi) is 12.4.